The lowest BCUT2D eigenvalue weighted by Crippen LogP contribution is -2.52. The molecule has 1 aliphatic heterocycles. The van der Waals surface area contributed by atoms with E-state index in [0.29, 0.717) is 0 Å². The number of thiocarbonyl (C=S) groups is 1. The number of hydrogen-bond acceptors (Lipinski definition) is 3. The predicted octanol–water partition coefficient (Wildman–Crippen LogP) is 2.97. The molecule has 0 atom stereocenters. The fourth-order valence-corrected chi connectivity index (χ4v) is 3.34. The summed E-state index contributed by atoms with van der Waals surface area (Å²) in [6, 6.07) is 8.30. The van der Waals surface area contributed by atoms with E-state index in [4.69, 9.17) is 12.2 Å². The van der Waals surface area contributed by atoms with Gasteiger partial charge in [-0.1, -0.05) is 12.1 Å². The summed E-state index contributed by atoms with van der Waals surface area (Å²) >= 11 is 4.98. The second kappa shape index (κ2) is 6.53. The van der Waals surface area contributed by atoms with Crippen LogP contribution in [0, 0.1) is 27.7 Å². The van der Waals surface area contributed by atoms with E-state index in [1.165, 1.54) is 10.5 Å². The third-order valence-corrected chi connectivity index (χ3v) is 5.06. The molecule has 1 fully saturated rings. The Hall–Kier alpha value is -2.73. The Labute approximate surface area is 158 Å². The Morgan fingerprint density at radius 2 is 1.77 bits per heavy atom. The van der Waals surface area contributed by atoms with Crippen LogP contribution in [0.15, 0.2) is 29.8 Å². The zero-order valence-corrected chi connectivity index (χ0v) is 16.3. The van der Waals surface area contributed by atoms with Crippen LogP contribution in [0.4, 0.5) is 0 Å². The number of carbonyl (C=O) groups is 2. The first-order chi connectivity index (χ1) is 12.2. The van der Waals surface area contributed by atoms with Gasteiger partial charge in [0.05, 0.1) is 0 Å². The highest BCUT2D eigenvalue weighted by Crippen LogP contribution is 2.26. The van der Waals surface area contributed by atoms with Gasteiger partial charge in [0.1, 0.15) is 5.57 Å². The molecule has 0 bridgehead atoms. The number of amides is 2. The Morgan fingerprint density at radius 3 is 2.46 bits per heavy atom. The summed E-state index contributed by atoms with van der Waals surface area (Å²) in [5.41, 5.74) is 6.37. The highest BCUT2D eigenvalue weighted by molar-refractivity contribution is 7.80. The maximum atomic E-state index is 12.4. The van der Waals surface area contributed by atoms with Crippen LogP contribution in [0.25, 0.3) is 11.8 Å². The lowest BCUT2D eigenvalue weighted by Gasteiger charge is -2.25. The fraction of sp³-hybridized carbons (Fsp3) is 0.250. The number of nitrogens with one attached hydrogen (secondary N) is 1. The smallest absolute Gasteiger partial charge is 0.265 e. The van der Waals surface area contributed by atoms with Crippen molar-refractivity contribution in [2.75, 3.05) is 7.05 Å². The number of carbonyl (C=O) groups excluding carboxylic acids is 2. The van der Waals surface area contributed by atoms with Gasteiger partial charge in [-0.2, -0.15) is 0 Å². The molecule has 1 aromatic carbocycles. The average molecular weight is 367 g/mol. The van der Waals surface area contributed by atoms with E-state index in [-0.39, 0.29) is 10.7 Å². The molecular weight excluding hydrogens is 346 g/mol. The summed E-state index contributed by atoms with van der Waals surface area (Å²) in [5.74, 6) is -0.857. The lowest BCUT2D eigenvalue weighted by molar-refractivity contribution is -0.128. The van der Waals surface area contributed by atoms with Gasteiger partial charge >= 0.3 is 0 Å². The number of aryl methyl sites for hydroxylation is 3. The first-order valence-electron chi connectivity index (χ1n) is 8.32. The second-order valence-corrected chi connectivity index (χ2v) is 7.02. The van der Waals surface area contributed by atoms with Crippen LogP contribution >= 0.6 is 12.2 Å². The molecular formula is C20H21N3O2S. The van der Waals surface area contributed by atoms with Crippen LogP contribution in [0.2, 0.25) is 0 Å². The Morgan fingerprint density at radius 1 is 1.08 bits per heavy atom. The molecule has 1 aliphatic rings. The molecule has 0 spiro atoms. The molecule has 2 aromatic rings. The maximum absolute atomic E-state index is 12.4. The minimum Gasteiger partial charge on any atom is -0.318 e. The quantitative estimate of drug-likeness (QED) is 0.504. The molecule has 0 saturated carbocycles. The molecule has 26 heavy (non-hydrogen) atoms. The van der Waals surface area contributed by atoms with Crippen LogP contribution in [-0.2, 0) is 9.59 Å². The topological polar surface area (TPSA) is 54.3 Å². The lowest BCUT2D eigenvalue weighted by atomic mass is 10.1. The average Bonchev–Trinajstić information content (AvgIpc) is 2.85. The van der Waals surface area contributed by atoms with E-state index in [9.17, 15) is 9.59 Å². The molecule has 0 aliphatic carbocycles. The van der Waals surface area contributed by atoms with Crippen molar-refractivity contribution in [3.8, 4) is 5.69 Å². The summed E-state index contributed by atoms with van der Waals surface area (Å²) in [6.45, 7) is 8.13. The fourth-order valence-electron chi connectivity index (χ4n) is 3.17. The van der Waals surface area contributed by atoms with Crippen molar-refractivity contribution in [2.45, 2.75) is 27.7 Å². The first-order valence-corrected chi connectivity index (χ1v) is 8.73. The largest absolute Gasteiger partial charge is 0.318 e. The van der Waals surface area contributed by atoms with Gasteiger partial charge in [-0.3, -0.25) is 19.8 Å². The SMILES string of the molecule is Cc1ccc(C)c(-n2c(C)cc(C=C3C(=O)NC(=S)N(C)C3=O)c2C)c1. The number of benzene rings is 1. The van der Waals surface area contributed by atoms with Crippen LogP contribution in [0.3, 0.4) is 0 Å². The Kier molecular flexibility index (Phi) is 4.54. The van der Waals surface area contributed by atoms with Crippen molar-refractivity contribution in [3.05, 3.63) is 57.9 Å². The van der Waals surface area contributed by atoms with Gasteiger partial charge in [0.15, 0.2) is 5.11 Å². The highest BCUT2D eigenvalue weighted by Gasteiger charge is 2.31. The van der Waals surface area contributed by atoms with E-state index in [0.717, 1.165) is 28.2 Å². The number of hydrogen-bond donors (Lipinski definition) is 1. The normalized spacial score (nSPS) is 16.4. The molecule has 2 heterocycles. The van der Waals surface area contributed by atoms with Gasteiger partial charge in [-0.05, 0) is 74.8 Å². The summed E-state index contributed by atoms with van der Waals surface area (Å²) in [5, 5.41) is 2.66. The van der Waals surface area contributed by atoms with Crippen molar-refractivity contribution in [1.82, 2.24) is 14.8 Å². The van der Waals surface area contributed by atoms with Gasteiger partial charge in [0, 0.05) is 24.1 Å². The molecule has 0 unspecified atom stereocenters. The van der Waals surface area contributed by atoms with E-state index < -0.39 is 11.8 Å². The first kappa shape index (κ1) is 18.1. The van der Waals surface area contributed by atoms with Gasteiger partial charge in [-0.25, -0.2) is 0 Å². The van der Waals surface area contributed by atoms with Crippen LogP contribution in [-0.4, -0.2) is 33.4 Å². The third kappa shape index (κ3) is 2.97. The van der Waals surface area contributed by atoms with Crippen LogP contribution in [0.5, 0.6) is 0 Å². The number of rotatable bonds is 2. The monoisotopic (exact) mass is 367 g/mol. The number of likely N-dealkylation sites (N-methyl/N-ethyl adjacent to an activating group) is 1. The van der Waals surface area contributed by atoms with Crippen molar-refractivity contribution in [2.24, 2.45) is 0 Å². The molecule has 1 saturated heterocycles. The van der Waals surface area contributed by atoms with E-state index in [1.807, 2.05) is 19.9 Å². The number of aromatic nitrogens is 1. The molecule has 6 heteroatoms. The number of nitrogens with zero attached hydrogens (tertiary/aromatic N) is 2. The van der Waals surface area contributed by atoms with Crippen molar-refractivity contribution < 1.29 is 9.59 Å². The van der Waals surface area contributed by atoms with E-state index >= 15 is 0 Å². The zero-order chi connectivity index (χ0) is 19.2. The summed E-state index contributed by atoms with van der Waals surface area (Å²) in [4.78, 5) is 25.9. The maximum Gasteiger partial charge on any atom is 0.265 e. The minimum absolute atomic E-state index is 0.0855. The van der Waals surface area contributed by atoms with Crippen molar-refractivity contribution >= 4 is 35.2 Å². The summed E-state index contributed by atoms with van der Waals surface area (Å²) in [6.07, 6.45) is 1.64. The molecule has 3 rings (SSSR count). The van der Waals surface area contributed by atoms with Gasteiger partial charge in [0.2, 0.25) is 0 Å². The molecule has 134 valence electrons. The highest BCUT2D eigenvalue weighted by atomic mass is 32.1. The second-order valence-electron chi connectivity index (χ2n) is 6.63. The molecule has 1 N–H and O–H groups in total. The van der Waals surface area contributed by atoms with E-state index in [1.54, 1.807) is 13.1 Å². The van der Waals surface area contributed by atoms with Crippen LogP contribution < -0.4 is 5.32 Å². The van der Waals surface area contributed by atoms with Gasteiger partial charge in [0.25, 0.3) is 11.8 Å². The van der Waals surface area contributed by atoms with Gasteiger partial charge < -0.3 is 4.57 Å². The molecule has 1 aromatic heterocycles. The third-order valence-electron chi connectivity index (χ3n) is 4.68. The molecule has 0 radical (unpaired) electrons. The Bertz CT molecular complexity index is 985. The zero-order valence-electron chi connectivity index (χ0n) is 15.5. The van der Waals surface area contributed by atoms with E-state index in [2.05, 4.69) is 41.9 Å². The standard InChI is InChI=1S/C20H21N3O2S/c1-11-6-7-12(2)17(8-11)23-13(3)9-15(14(23)4)10-16-18(24)21-20(26)22(5)19(16)25/h6-10H,1-5H3,(H,21,24,26). The van der Waals surface area contributed by atoms with Crippen LogP contribution in [0.1, 0.15) is 28.1 Å². The van der Waals surface area contributed by atoms with Crippen molar-refractivity contribution in [3.63, 3.8) is 0 Å². The Balaban J connectivity index is 2.12. The van der Waals surface area contributed by atoms with Gasteiger partial charge in [-0.15, -0.1) is 0 Å². The molecule has 2 amide bonds. The molecule has 5 nitrogen and oxygen atoms in total. The predicted molar refractivity (Wildman–Crippen MR) is 106 cm³/mol. The van der Waals surface area contributed by atoms with Crippen molar-refractivity contribution in [1.29, 1.82) is 0 Å². The summed E-state index contributed by atoms with van der Waals surface area (Å²) < 4.78 is 2.15. The minimum atomic E-state index is -0.463. The summed E-state index contributed by atoms with van der Waals surface area (Å²) in [7, 11) is 1.55.